The number of rotatable bonds is 7. The molecule has 3 heterocycles. The van der Waals surface area contributed by atoms with Crippen molar-refractivity contribution in [2.24, 2.45) is 4.99 Å². The number of benzene rings is 1. The lowest BCUT2D eigenvalue weighted by Gasteiger charge is -2.38. The van der Waals surface area contributed by atoms with Crippen molar-refractivity contribution in [1.29, 1.82) is 0 Å². The zero-order valence-electron chi connectivity index (χ0n) is 20.5. The fraction of sp³-hybridized carbons (Fsp3) is 0.708. The SMILES string of the molecule is CCNC(=NCC(C)N1CCN(CC)CC1)N1CCN(Cc2ccc3c(c2)OCO3)CC1.I. The van der Waals surface area contributed by atoms with Crippen LogP contribution >= 0.6 is 24.0 Å². The summed E-state index contributed by atoms with van der Waals surface area (Å²) in [6, 6.07) is 6.76. The molecular weight excluding hydrogens is 531 g/mol. The van der Waals surface area contributed by atoms with Crippen molar-refractivity contribution in [3.05, 3.63) is 23.8 Å². The maximum atomic E-state index is 5.53. The molecule has 186 valence electrons. The number of nitrogens with zero attached hydrogens (tertiary/aromatic N) is 5. The fourth-order valence-electron chi connectivity index (χ4n) is 4.70. The topological polar surface area (TPSA) is 55.8 Å². The highest BCUT2D eigenvalue weighted by molar-refractivity contribution is 14.0. The van der Waals surface area contributed by atoms with Gasteiger partial charge in [0.25, 0.3) is 0 Å². The highest BCUT2D eigenvalue weighted by atomic mass is 127. The van der Waals surface area contributed by atoms with Gasteiger partial charge in [-0.25, -0.2) is 0 Å². The lowest BCUT2D eigenvalue weighted by Crippen LogP contribution is -2.53. The standard InChI is InChI=1S/C24H40N6O2.HI/c1-4-25-24(26-17-20(3)29-12-8-27(5-2)9-13-29)30-14-10-28(11-15-30)18-21-6-7-22-23(16-21)32-19-31-22;/h6-7,16,20H,4-5,8-15,17-19H2,1-3H3,(H,25,26);1H. The molecule has 9 heteroatoms. The predicted molar refractivity (Wildman–Crippen MR) is 144 cm³/mol. The average Bonchev–Trinajstić information content (AvgIpc) is 3.30. The predicted octanol–water partition coefficient (Wildman–Crippen LogP) is 2.14. The molecular formula is C24H41IN6O2. The largest absolute Gasteiger partial charge is 0.454 e. The molecule has 2 saturated heterocycles. The van der Waals surface area contributed by atoms with E-state index in [0.29, 0.717) is 12.8 Å². The summed E-state index contributed by atoms with van der Waals surface area (Å²) < 4.78 is 11.0. The van der Waals surface area contributed by atoms with Crippen LogP contribution in [0, 0.1) is 0 Å². The molecule has 1 aromatic carbocycles. The molecule has 1 atom stereocenters. The summed E-state index contributed by atoms with van der Waals surface area (Å²) in [6.45, 7) is 19.6. The summed E-state index contributed by atoms with van der Waals surface area (Å²) >= 11 is 0. The maximum absolute atomic E-state index is 5.53. The molecule has 1 aromatic rings. The van der Waals surface area contributed by atoms with Crippen LogP contribution in [0.4, 0.5) is 0 Å². The van der Waals surface area contributed by atoms with Crippen molar-refractivity contribution in [3.8, 4) is 11.5 Å². The molecule has 3 aliphatic rings. The Morgan fingerprint density at radius 2 is 1.67 bits per heavy atom. The second kappa shape index (κ2) is 13.0. The number of hydrogen-bond acceptors (Lipinski definition) is 6. The first-order valence-electron chi connectivity index (χ1n) is 12.3. The van der Waals surface area contributed by atoms with Crippen LogP contribution in [0.1, 0.15) is 26.3 Å². The van der Waals surface area contributed by atoms with E-state index in [1.54, 1.807) is 0 Å². The Kier molecular flexibility index (Phi) is 10.3. The van der Waals surface area contributed by atoms with Crippen LogP contribution in [0.2, 0.25) is 0 Å². The summed E-state index contributed by atoms with van der Waals surface area (Å²) in [5.41, 5.74) is 1.28. The van der Waals surface area contributed by atoms with E-state index in [4.69, 9.17) is 14.5 Å². The van der Waals surface area contributed by atoms with Gasteiger partial charge in [-0.05, 0) is 38.1 Å². The van der Waals surface area contributed by atoms with Gasteiger partial charge >= 0.3 is 0 Å². The number of fused-ring (bicyclic) bond motifs is 1. The van der Waals surface area contributed by atoms with Gasteiger partial charge in [0.15, 0.2) is 17.5 Å². The molecule has 0 aromatic heterocycles. The molecule has 0 radical (unpaired) electrons. The number of likely N-dealkylation sites (N-methyl/N-ethyl adjacent to an activating group) is 1. The minimum Gasteiger partial charge on any atom is -0.454 e. The summed E-state index contributed by atoms with van der Waals surface area (Å²) in [5.74, 6) is 2.79. The molecule has 0 amide bonds. The fourth-order valence-corrected chi connectivity index (χ4v) is 4.70. The highest BCUT2D eigenvalue weighted by Gasteiger charge is 2.23. The lowest BCUT2D eigenvalue weighted by molar-refractivity contribution is 0.108. The van der Waals surface area contributed by atoms with Crippen molar-refractivity contribution in [3.63, 3.8) is 0 Å². The van der Waals surface area contributed by atoms with Gasteiger partial charge in [-0.1, -0.05) is 13.0 Å². The van der Waals surface area contributed by atoms with Crippen LogP contribution in [0.25, 0.3) is 0 Å². The highest BCUT2D eigenvalue weighted by Crippen LogP contribution is 2.32. The third-order valence-corrected chi connectivity index (χ3v) is 6.83. The number of nitrogens with one attached hydrogen (secondary N) is 1. The molecule has 4 rings (SSSR count). The number of hydrogen-bond donors (Lipinski definition) is 1. The zero-order valence-corrected chi connectivity index (χ0v) is 22.8. The van der Waals surface area contributed by atoms with Crippen LogP contribution in [-0.2, 0) is 6.54 Å². The first kappa shape index (κ1) is 26.3. The van der Waals surface area contributed by atoms with Crippen molar-refractivity contribution >= 4 is 29.9 Å². The van der Waals surface area contributed by atoms with Crippen molar-refractivity contribution in [2.45, 2.75) is 33.4 Å². The molecule has 0 spiro atoms. The minimum absolute atomic E-state index is 0. The molecule has 1 unspecified atom stereocenters. The number of piperazine rings is 2. The quantitative estimate of drug-likeness (QED) is 0.306. The maximum Gasteiger partial charge on any atom is 0.231 e. The molecule has 0 aliphatic carbocycles. The van der Waals surface area contributed by atoms with Gasteiger partial charge in [0, 0.05) is 71.5 Å². The number of aliphatic imine (C=N–C) groups is 1. The Bertz CT molecular complexity index is 763. The molecule has 33 heavy (non-hydrogen) atoms. The zero-order chi connectivity index (χ0) is 22.3. The van der Waals surface area contributed by atoms with Gasteiger partial charge < -0.3 is 24.6 Å². The average molecular weight is 573 g/mol. The van der Waals surface area contributed by atoms with E-state index >= 15 is 0 Å². The molecule has 2 fully saturated rings. The van der Waals surface area contributed by atoms with Gasteiger partial charge in [-0.15, -0.1) is 24.0 Å². The number of guanidine groups is 1. The lowest BCUT2D eigenvalue weighted by atomic mass is 10.1. The van der Waals surface area contributed by atoms with E-state index in [9.17, 15) is 0 Å². The third-order valence-electron chi connectivity index (χ3n) is 6.83. The summed E-state index contributed by atoms with van der Waals surface area (Å²) in [5, 5.41) is 3.52. The van der Waals surface area contributed by atoms with Crippen LogP contribution < -0.4 is 14.8 Å². The normalized spacial score (nSPS) is 21.1. The first-order chi connectivity index (χ1) is 15.7. The summed E-state index contributed by atoms with van der Waals surface area (Å²) in [4.78, 5) is 15.1. The number of ether oxygens (including phenoxy) is 2. The Morgan fingerprint density at radius 3 is 2.36 bits per heavy atom. The van der Waals surface area contributed by atoms with E-state index in [0.717, 1.165) is 82.9 Å². The Balaban J connectivity index is 0.00000306. The Hall–Kier alpha value is -1.30. The second-order valence-electron chi connectivity index (χ2n) is 8.96. The smallest absolute Gasteiger partial charge is 0.231 e. The molecule has 8 nitrogen and oxygen atoms in total. The molecule has 3 aliphatic heterocycles. The van der Waals surface area contributed by atoms with Crippen LogP contribution in [0.15, 0.2) is 23.2 Å². The monoisotopic (exact) mass is 572 g/mol. The summed E-state index contributed by atoms with van der Waals surface area (Å²) in [7, 11) is 0. The minimum atomic E-state index is 0. The Labute approximate surface area is 216 Å². The van der Waals surface area contributed by atoms with Crippen LogP contribution in [0.3, 0.4) is 0 Å². The van der Waals surface area contributed by atoms with E-state index in [1.165, 1.54) is 18.7 Å². The molecule has 0 saturated carbocycles. The second-order valence-corrected chi connectivity index (χ2v) is 8.96. The van der Waals surface area contributed by atoms with Gasteiger partial charge in [0.05, 0.1) is 6.54 Å². The van der Waals surface area contributed by atoms with Crippen molar-refractivity contribution < 1.29 is 9.47 Å². The van der Waals surface area contributed by atoms with Gasteiger partial charge in [-0.3, -0.25) is 14.8 Å². The molecule has 1 N–H and O–H groups in total. The van der Waals surface area contributed by atoms with Crippen LogP contribution in [-0.4, -0.2) is 110 Å². The summed E-state index contributed by atoms with van der Waals surface area (Å²) in [6.07, 6.45) is 0. The van der Waals surface area contributed by atoms with E-state index in [1.807, 2.05) is 6.07 Å². The van der Waals surface area contributed by atoms with Crippen LogP contribution in [0.5, 0.6) is 11.5 Å². The van der Waals surface area contributed by atoms with Crippen molar-refractivity contribution in [1.82, 2.24) is 24.9 Å². The third kappa shape index (κ3) is 7.10. The number of halogens is 1. The first-order valence-corrected chi connectivity index (χ1v) is 12.3. The van der Waals surface area contributed by atoms with E-state index in [-0.39, 0.29) is 24.0 Å². The Morgan fingerprint density at radius 1 is 0.970 bits per heavy atom. The van der Waals surface area contributed by atoms with E-state index in [2.05, 4.69) is 57.8 Å². The van der Waals surface area contributed by atoms with Crippen molar-refractivity contribution in [2.75, 3.05) is 78.8 Å². The van der Waals surface area contributed by atoms with E-state index < -0.39 is 0 Å². The molecule has 0 bridgehead atoms. The van der Waals surface area contributed by atoms with Gasteiger partial charge in [0.1, 0.15) is 0 Å². The van der Waals surface area contributed by atoms with Gasteiger partial charge in [0.2, 0.25) is 6.79 Å². The van der Waals surface area contributed by atoms with Gasteiger partial charge in [-0.2, -0.15) is 0 Å².